The molecule has 2 atom stereocenters. The second-order valence-electron chi connectivity index (χ2n) is 5.34. The molecule has 1 aromatic rings. The van der Waals surface area contributed by atoms with E-state index in [9.17, 15) is 18.0 Å². The summed E-state index contributed by atoms with van der Waals surface area (Å²) in [5.41, 5.74) is 0.760. The van der Waals surface area contributed by atoms with Crippen molar-refractivity contribution in [1.29, 1.82) is 0 Å². The predicted molar refractivity (Wildman–Crippen MR) is 72.8 cm³/mol. The molecule has 1 aliphatic carbocycles. The summed E-state index contributed by atoms with van der Waals surface area (Å²) < 4.78 is 43.2. The molecule has 2 rings (SSSR count). The lowest BCUT2D eigenvalue weighted by molar-refractivity contribution is -0.189. The maximum atomic E-state index is 12.7. The van der Waals surface area contributed by atoms with E-state index in [2.05, 4.69) is 0 Å². The number of rotatable bonds is 3. The molecule has 1 saturated carbocycles. The van der Waals surface area contributed by atoms with Crippen LogP contribution in [0.5, 0.6) is 0 Å². The van der Waals surface area contributed by atoms with Crippen LogP contribution in [0.3, 0.4) is 0 Å². The van der Waals surface area contributed by atoms with Gasteiger partial charge in [0, 0.05) is 5.02 Å². The summed E-state index contributed by atoms with van der Waals surface area (Å²) in [7, 11) is 0. The summed E-state index contributed by atoms with van der Waals surface area (Å²) in [4.78, 5) is 11.9. The van der Waals surface area contributed by atoms with E-state index in [-0.39, 0.29) is 19.4 Å². The Balaban J connectivity index is 1.86. The van der Waals surface area contributed by atoms with E-state index < -0.39 is 24.0 Å². The Labute approximate surface area is 126 Å². The molecule has 2 nitrogen and oxygen atoms in total. The van der Waals surface area contributed by atoms with Crippen LogP contribution in [0.2, 0.25) is 5.02 Å². The van der Waals surface area contributed by atoms with Gasteiger partial charge in [0.2, 0.25) is 0 Å². The van der Waals surface area contributed by atoms with E-state index in [1.165, 1.54) is 0 Å². The Morgan fingerprint density at radius 1 is 1.24 bits per heavy atom. The first-order valence-electron chi connectivity index (χ1n) is 6.84. The second-order valence-corrected chi connectivity index (χ2v) is 5.77. The Morgan fingerprint density at radius 3 is 2.52 bits per heavy atom. The van der Waals surface area contributed by atoms with Crippen molar-refractivity contribution < 1.29 is 22.7 Å². The highest BCUT2D eigenvalue weighted by molar-refractivity contribution is 6.30. The first-order valence-corrected chi connectivity index (χ1v) is 7.22. The van der Waals surface area contributed by atoms with E-state index in [0.717, 1.165) is 5.56 Å². The van der Waals surface area contributed by atoms with E-state index >= 15 is 0 Å². The minimum absolute atomic E-state index is 0.0587. The zero-order chi connectivity index (χ0) is 15.5. The zero-order valence-corrected chi connectivity index (χ0v) is 12.1. The van der Waals surface area contributed by atoms with Gasteiger partial charge in [-0.15, -0.1) is 0 Å². The highest BCUT2D eigenvalue weighted by Gasteiger charge is 2.43. The molecular formula is C15H16ClF3O2. The molecule has 0 aliphatic heterocycles. The van der Waals surface area contributed by atoms with Gasteiger partial charge >= 0.3 is 12.1 Å². The first-order chi connectivity index (χ1) is 9.86. The topological polar surface area (TPSA) is 26.3 Å². The number of halogens is 4. The summed E-state index contributed by atoms with van der Waals surface area (Å²) >= 11 is 5.74. The summed E-state index contributed by atoms with van der Waals surface area (Å²) in [5, 5.41) is 0.574. The Bertz CT molecular complexity index is 485. The molecule has 0 radical (unpaired) electrons. The summed E-state index contributed by atoms with van der Waals surface area (Å²) in [5.74, 6) is -2.59. The van der Waals surface area contributed by atoms with Gasteiger partial charge in [0.05, 0.1) is 11.8 Å². The Kier molecular flexibility index (Phi) is 5.14. The van der Waals surface area contributed by atoms with Gasteiger partial charge in [0.15, 0.2) is 0 Å². The van der Waals surface area contributed by atoms with Crippen LogP contribution in [0, 0.1) is 11.8 Å². The highest BCUT2D eigenvalue weighted by atomic mass is 35.5. The summed E-state index contributed by atoms with van der Waals surface area (Å²) in [6, 6.07) is 6.78. The van der Waals surface area contributed by atoms with Crippen molar-refractivity contribution in [3.8, 4) is 0 Å². The SMILES string of the molecule is O=C(OCc1ccc(Cl)cc1)C1CCCC(C(F)(F)F)C1. The number of hydrogen-bond donors (Lipinski definition) is 0. The molecule has 0 aromatic heterocycles. The summed E-state index contributed by atoms with van der Waals surface area (Å²) in [6.45, 7) is 0.0587. The number of alkyl halides is 3. The van der Waals surface area contributed by atoms with Gasteiger partial charge in [0.1, 0.15) is 6.61 Å². The van der Waals surface area contributed by atoms with Crippen LogP contribution in [0.25, 0.3) is 0 Å². The average molecular weight is 321 g/mol. The van der Waals surface area contributed by atoms with Crippen molar-refractivity contribution in [3.05, 3.63) is 34.9 Å². The molecule has 0 N–H and O–H groups in total. The van der Waals surface area contributed by atoms with E-state index in [0.29, 0.717) is 17.9 Å². The smallest absolute Gasteiger partial charge is 0.391 e. The molecule has 116 valence electrons. The molecule has 0 saturated heterocycles. The minimum Gasteiger partial charge on any atom is -0.461 e. The van der Waals surface area contributed by atoms with Gasteiger partial charge < -0.3 is 4.74 Å². The van der Waals surface area contributed by atoms with Crippen molar-refractivity contribution in [2.45, 2.75) is 38.5 Å². The van der Waals surface area contributed by atoms with Crippen LogP contribution in [0.1, 0.15) is 31.2 Å². The fourth-order valence-corrected chi connectivity index (χ4v) is 2.68. The Hall–Kier alpha value is -1.23. The van der Waals surface area contributed by atoms with Crippen LogP contribution in [-0.4, -0.2) is 12.1 Å². The van der Waals surface area contributed by atoms with Crippen molar-refractivity contribution in [2.75, 3.05) is 0 Å². The average Bonchev–Trinajstić information content (AvgIpc) is 2.45. The standard InChI is InChI=1S/C15H16ClF3O2/c16-13-6-4-10(5-7-13)9-21-14(20)11-2-1-3-12(8-11)15(17,18)19/h4-7,11-12H,1-3,8-9H2. The van der Waals surface area contributed by atoms with Crippen molar-refractivity contribution >= 4 is 17.6 Å². The van der Waals surface area contributed by atoms with E-state index in [4.69, 9.17) is 16.3 Å². The maximum Gasteiger partial charge on any atom is 0.391 e. The highest BCUT2D eigenvalue weighted by Crippen LogP contribution is 2.40. The fraction of sp³-hybridized carbons (Fsp3) is 0.533. The molecular weight excluding hydrogens is 305 g/mol. The monoisotopic (exact) mass is 320 g/mol. The van der Waals surface area contributed by atoms with Gasteiger partial charge in [0.25, 0.3) is 0 Å². The molecule has 21 heavy (non-hydrogen) atoms. The maximum absolute atomic E-state index is 12.7. The number of carbonyl (C=O) groups excluding carboxylic acids is 1. The van der Waals surface area contributed by atoms with E-state index in [1.807, 2.05) is 0 Å². The number of benzene rings is 1. The largest absolute Gasteiger partial charge is 0.461 e. The van der Waals surface area contributed by atoms with Crippen LogP contribution < -0.4 is 0 Å². The number of ether oxygens (including phenoxy) is 1. The van der Waals surface area contributed by atoms with Crippen molar-refractivity contribution in [1.82, 2.24) is 0 Å². The molecule has 2 unspecified atom stereocenters. The molecule has 6 heteroatoms. The molecule has 0 heterocycles. The lowest BCUT2D eigenvalue weighted by atomic mass is 9.81. The number of hydrogen-bond acceptors (Lipinski definition) is 2. The van der Waals surface area contributed by atoms with Crippen LogP contribution >= 0.6 is 11.6 Å². The van der Waals surface area contributed by atoms with Gasteiger partial charge in [-0.25, -0.2) is 0 Å². The lowest BCUT2D eigenvalue weighted by Gasteiger charge is -2.29. The second kappa shape index (κ2) is 6.69. The van der Waals surface area contributed by atoms with Gasteiger partial charge in [-0.2, -0.15) is 13.2 Å². The minimum atomic E-state index is -4.23. The number of carbonyl (C=O) groups is 1. The Morgan fingerprint density at radius 2 is 1.90 bits per heavy atom. The third-order valence-corrected chi connectivity index (χ3v) is 4.02. The van der Waals surface area contributed by atoms with E-state index in [1.54, 1.807) is 24.3 Å². The van der Waals surface area contributed by atoms with Crippen molar-refractivity contribution in [3.63, 3.8) is 0 Å². The van der Waals surface area contributed by atoms with Crippen LogP contribution in [-0.2, 0) is 16.1 Å². The predicted octanol–water partition coefficient (Wildman–Crippen LogP) is 4.75. The quantitative estimate of drug-likeness (QED) is 0.751. The van der Waals surface area contributed by atoms with Gasteiger partial charge in [-0.1, -0.05) is 30.2 Å². The van der Waals surface area contributed by atoms with Crippen LogP contribution in [0.4, 0.5) is 13.2 Å². The fourth-order valence-electron chi connectivity index (χ4n) is 2.55. The lowest BCUT2D eigenvalue weighted by Crippen LogP contribution is -2.32. The number of esters is 1. The van der Waals surface area contributed by atoms with Gasteiger partial charge in [-0.05, 0) is 37.0 Å². The first kappa shape index (κ1) is 16.1. The molecule has 0 amide bonds. The van der Waals surface area contributed by atoms with Gasteiger partial charge in [-0.3, -0.25) is 4.79 Å². The molecule has 1 aliphatic rings. The van der Waals surface area contributed by atoms with Crippen molar-refractivity contribution in [2.24, 2.45) is 11.8 Å². The van der Waals surface area contributed by atoms with Crippen LogP contribution in [0.15, 0.2) is 24.3 Å². The zero-order valence-electron chi connectivity index (χ0n) is 11.3. The molecule has 0 spiro atoms. The molecule has 1 fully saturated rings. The normalized spacial score (nSPS) is 22.9. The third kappa shape index (κ3) is 4.63. The third-order valence-electron chi connectivity index (χ3n) is 3.76. The molecule has 1 aromatic carbocycles. The summed E-state index contributed by atoms with van der Waals surface area (Å²) in [6.07, 6.45) is -3.42. The molecule has 0 bridgehead atoms.